The highest BCUT2D eigenvalue weighted by Gasteiger charge is 2.42. The Balaban J connectivity index is 1.02. The fraction of sp³-hybridized carbons (Fsp3) is 0.571. The van der Waals surface area contributed by atoms with Crippen LogP contribution in [-0.4, -0.2) is 102 Å². The number of rotatable bonds is 15. The van der Waals surface area contributed by atoms with E-state index in [0.717, 1.165) is 62.1 Å². The number of aromatic nitrogens is 8. The van der Waals surface area contributed by atoms with Crippen molar-refractivity contribution in [2.45, 2.75) is 95.6 Å². The van der Waals surface area contributed by atoms with Crippen LogP contribution < -0.4 is 14.8 Å². The number of hydrogen-bond donors (Lipinski definition) is 1. The van der Waals surface area contributed by atoms with Crippen molar-refractivity contribution in [2.75, 3.05) is 38.4 Å². The minimum atomic E-state index is -0.268. The molecule has 3 aromatic heterocycles. The van der Waals surface area contributed by atoms with Crippen LogP contribution in [-0.2, 0) is 16.0 Å². The van der Waals surface area contributed by atoms with E-state index in [1.54, 1.807) is 23.1 Å². The number of tetrazole rings is 1. The second-order valence-corrected chi connectivity index (χ2v) is 13.3. The number of fused-ring (bicyclic) bond motifs is 2. The van der Waals surface area contributed by atoms with Gasteiger partial charge in [-0.2, -0.15) is 5.26 Å². The molecule has 1 aromatic carbocycles. The van der Waals surface area contributed by atoms with E-state index < -0.39 is 0 Å². The van der Waals surface area contributed by atoms with Crippen molar-refractivity contribution < 1.29 is 18.9 Å². The van der Waals surface area contributed by atoms with Crippen molar-refractivity contribution in [3.63, 3.8) is 0 Å². The van der Waals surface area contributed by atoms with Gasteiger partial charge < -0.3 is 24.3 Å². The normalized spacial score (nSPS) is 22.6. The quantitative estimate of drug-likeness (QED) is 0.174. The second-order valence-electron chi connectivity index (χ2n) is 13.3. The number of anilines is 2. The van der Waals surface area contributed by atoms with Crippen LogP contribution in [0.3, 0.4) is 0 Å². The highest BCUT2D eigenvalue weighted by atomic mass is 16.5. The average Bonchev–Trinajstić information content (AvgIpc) is 3.86. The molecule has 0 radical (unpaired) electrons. The van der Waals surface area contributed by atoms with Crippen LogP contribution in [0.2, 0.25) is 0 Å². The number of nitrogens with zero attached hydrogens (tertiary/aromatic N) is 10. The van der Waals surface area contributed by atoms with Gasteiger partial charge in [-0.25, -0.2) is 14.6 Å². The van der Waals surface area contributed by atoms with Crippen LogP contribution in [0, 0.1) is 11.3 Å². The van der Waals surface area contributed by atoms with Crippen LogP contribution in [0.25, 0.3) is 11.1 Å². The van der Waals surface area contributed by atoms with Gasteiger partial charge in [-0.15, -0.1) is 10.2 Å². The van der Waals surface area contributed by atoms with Gasteiger partial charge in [-0.3, -0.25) is 9.58 Å². The first-order chi connectivity index (χ1) is 24.6. The van der Waals surface area contributed by atoms with E-state index in [9.17, 15) is 5.26 Å². The van der Waals surface area contributed by atoms with Gasteiger partial charge in [0, 0.05) is 55.7 Å². The molecule has 7 rings (SSSR count). The smallest absolute Gasteiger partial charge is 0.256 e. The Bertz CT molecular complexity index is 1700. The summed E-state index contributed by atoms with van der Waals surface area (Å²) in [5, 5.41) is 29.2. The lowest BCUT2D eigenvalue weighted by molar-refractivity contribution is -0.0458. The van der Waals surface area contributed by atoms with Gasteiger partial charge in [-0.05, 0) is 80.5 Å². The average molecular weight is 684 g/mol. The highest BCUT2D eigenvalue weighted by molar-refractivity contribution is 5.67. The summed E-state index contributed by atoms with van der Waals surface area (Å²) < 4.78 is 27.3. The molecule has 2 saturated heterocycles. The van der Waals surface area contributed by atoms with Gasteiger partial charge in [-0.1, -0.05) is 6.07 Å². The van der Waals surface area contributed by atoms with E-state index in [-0.39, 0.29) is 6.10 Å². The Morgan fingerprint density at radius 2 is 1.76 bits per heavy atom. The molecule has 1 aliphatic carbocycles. The minimum absolute atomic E-state index is 0.268. The van der Waals surface area contributed by atoms with Crippen molar-refractivity contribution >= 4 is 11.6 Å². The van der Waals surface area contributed by atoms with Gasteiger partial charge >= 0.3 is 0 Å². The number of nitriles is 1. The summed E-state index contributed by atoms with van der Waals surface area (Å²) in [6.45, 7) is 7.90. The number of hydrogen-bond acceptors (Lipinski definition) is 13. The van der Waals surface area contributed by atoms with Crippen molar-refractivity contribution in [2.24, 2.45) is 0 Å². The van der Waals surface area contributed by atoms with Gasteiger partial charge in [0.2, 0.25) is 5.95 Å². The Morgan fingerprint density at radius 3 is 2.48 bits per heavy atom. The maximum Gasteiger partial charge on any atom is 0.256 e. The third-order valence-corrected chi connectivity index (χ3v) is 9.83. The number of ether oxygens (including phenoxy) is 4. The zero-order valence-corrected chi connectivity index (χ0v) is 28.7. The van der Waals surface area contributed by atoms with Crippen molar-refractivity contribution in [1.29, 1.82) is 5.26 Å². The molecule has 1 saturated carbocycles. The zero-order chi connectivity index (χ0) is 34.3. The van der Waals surface area contributed by atoms with Crippen LogP contribution in [0.4, 0.5) is 11.6 Å². The number of benzene rings is 1. The van der Waals surface area contributed by atoms with E-state index in [1.807, 2.05) is 32.2 Å². The largest absolute Gasteiger partial charge is 0.487 e. The lowest BCUT2D eigenvalue weighted by Crippen LogP contribution is -2.52. The molecule has 0 spiro atoms. The molecule has 3 aliphatic rings. The molecule has 2 bridgehead atoms. The second kappa shape index (κ2) is 15.9. The highest BCUT2D eigenvalue weighted by Crippen LogP contribution is 2.39. The number of morpholine rings is 1. The first-order valence-electron chi connectivity index (χ1n) is 17.7. The van der Waals surface area contributed by atoms with Gasteiger partial charge in [0.25, 0.3) is 5.88 Å². The van der Waals surface area contributed by atoms with Gasteiger partial charge in [0.1, 0.15) is 29.9 Å². The summed E-state index contributed by atoms with van der Waals surface area (Å²) in [6, 6.07) is 9.74. The minimum Gasteiger partial charge on any atom is -0.487 e. The molecule has 3 atom stereocenters. The molecule has 0 amide bonds. The standard InChI is InChI=1S/C35H45N11O4/c1-3-47-13-4-14-49-34-32(20-45(41-34)28-7-9-29(10-8-28)46-30-11-12-31(46)22-48-21-30)40-35-37-17-27(18-38-35)25-5-6-26(16-36)33(15-25)50-24(2)19-44-23-39-42-43-44/h5-6,15,17-18,20,23-24,28-31H,3-4,7-14,19,21-22H2,1-2H3,(H,37,38,40)/t24?,28?,29?,30-,31+. The van der Waals surface area contributed by atoms with Crippen LogP contribution >= 0.6 is 0 Å². The van der Waals surface area contributed by atoms with E-state index in [2.05, 4.69) is 46.5 Å². The third kappa shape index (κ3) is 7.88. The Kier molecular flexibility index (Phi) is 10.8. The van der Waals surface area contributed by atoms with E-state index in [0.29, 0.717) is 73.7 Å². The maximum absolute atomic E-state index is 9.68. The molecular weight excluding hydrogens is 638 g/mol. The first kappa shape index (κ1) is 33.8. The summed E-state index contributed by atoms with van der Waals surface area (Å²) in [6.07, 6.45) is 14.5. The third-order valence-electron chi connectivity index (χ3n) is 9.83. The monoisotopic (exact) mass is 683 g/mol. The molecular formula is C35H45N11O4. The molecule has 15 nitrogen and oxygen atoms in total. The Morgan fingerprint density at radius 1 is 1.00 bits per heavy atom. The molecule has 2 aliphatic heterocycles. The van der Waals surface area contributed by atoms with Gasteiger partial charge in [0.05, 0.1) is 44.2 Å². The van der Waals surface area contributed by atoms with E-state index >= 15 is 0 Å². The SMILES string of the molecule is CCOCCCOc1nn(C2CCC(N3[C@@H]4CC[C@H]3COC4)CC2)cc1Nc1ncc(-c2ccc(C#N)c(OC(C)Cn3cnnn3)c2)cn1. The predicted octanol–water partition coefficient (Wildman–Crippen LogP) is 4.56. The molecule has 264 valence electrons. The van der Waals surface area contributed by atoms with Crippen molar-refractivity contribution in [1.82, 2.24) is 44.9 Å². The molecule has 5 heterocycles. The fourth-order valence-corrected chi connectivity index (χ4v) is 7.44. The van der Waals surface area contributed by atoms with Crippen molar-refractivity contribution in [3.8, 4) is 28.8 Å². The first-order valence-corrected chi connectivity index (χ1v) is 17.7. The summed E-state index contributed by atoms with van der Waals surface area (Å²) in [5.74, 6) is 1.43. The predicted molar refractivity (Wildman–Crippen MR) is 183 cm³/mol. The number of nitrogens with one attached hydrogen (secondary N) is 1. The molecule has 50 heavy (non-hydrogen) atoms. The molecule has 1 unspecified atom stereocenters. The fourth-order valence-electron chi connectivity index (χ4n) is 7.44. The Hall–Kier alpha value is -4.65. The maximum atomic E-state index is 9.68. The Labute approximate surface area is 291 Å². The molecule has 1 N–H and O–H groups in total. The lowest BCUT2D eigenvalue weighted by atomic mass is 9.89. The van der Waals surface area contributed by atoms with Crippen LogP contribution in [0.5, 0.6) is 11.6 Å². The summed E-state index contributed by atoms with van der Waals surface area (Å²) in [5.41, 5.74) is 2.77. The van der Waals surface area contributed by atoms with E-state index in [1.165, 1.54) is 19.2 Å². The van der Waals surface area contributed by atoms with Crippen LogP contribution in [0.15, 0.2) is 43.1 Å². The zero-order valence-electron chi connectivity index (χ0n) is 28.7. The summed E-state index contributed by atoms with van der Waals surface area (Å²) in [4.78, 5) is 12.0. The van der Waals surface area contributed by atoms with E-state index in [4.69, 9.17) is 24.0 Å². The summed E-state index contributed by atoms with van der Waals surface area (Å²) in [7, 11) is 0. The lowest BCUT2D eigenvalue weighted by Gasteiger charge is -2.43. The molecule has 4 aromatic rings. The van der Waals surface area contributed by atoms with Gasteiger partial charge in [0.15, 0.2) is 0 Å². The molecule has 15 heteroatoms. The van der Waals surface area contributed by atoms with Crippen molar-refractivity contribution in [3.05, 3.63) is 48.7 Å². The summed E-state index contributed by atoms with van der Waals surface area (Å²) >= 11 is 0. The topological polar surface area (TPSA) is 163 Å². The van der Waals surface area contributed by atoms with Crippen LogP contribution in [0.1, 0.15) is 70.4 Å². The molecule has 3 fully saturated rings.